The fourth-order valence-corrected chi connectivity index (χ4v) is 3.20. The first-order chi connectivity index (χ1) is 8.73. The Morgan fingerprint density at radius 3 is 2.16 bits per heavy atom. The van der Waals surface area contributed by atoms with Crippen LogP contribution in [-0.2, 0) is 10.0 Å². The van der Waals surface area contributed by atoms with Gasteiger partial charge >= 0.3 is 0 Å². The lowest BCUT2D eigenvalue weighted by Crippen LogP contribution is -2.26. The molecule has 1 aromatic rings. The van der Waals surface area contributed by atoms with E-state index in [-0.39, 0.29) is 11.7 Å². The third kappa shape index (κ3) is 5.20. The van der Waals surface area contributed by atoms with Crippen molar-refractivity contribution in [1.82, 2.24) is 0 Å². The second kappa shape index (κ2) is 6.39. The standard InChI is InChI=1S/C14H23NO3S/c1-5-13(9-19(15,16)17)8-18-14-11(3)6-10(2)7-12(14)4/h6-7,13H,5,8-9H2,1-4H3,(H2,15,16,17). The van der Waals surface area contributed by atoms with Crippen molar-refractivity contribution >= 4 is 10.0 Å². The number of sulfonamides is 1. The molecule has 0 amide bonds. The number of rotatable bonds is 6. The molecular weight excluding hydrogens is 262 g/mol. The SMILES string of the molecule is CCC(COc1c(C)cc(C)cc1C)CS(N)(=O)=O. The van der Waals surface area contributed by atoms with Gasteiger partial charge in [0.25, 0.3) is 0 Å². The van der Waals surface area contributed by atoms with Gasteiger partial charge in [-0.05, 0) is 38.3 Å². The first-order valence-corrected chi connectivity index (χ1v) is 8.15. The summed E-state index contributed by atoms with van der Waals surface area (Å²) >= 11 is 0. The lowest BCUT2D eigenvalue weighted by atomic mass is 10.1. The van der Waals surface area contributed by atoms with E-state index in [2.05, 4.69) is 12.1 Å². The van der Waals surface area contributed by atoms with Crippen molar-refractivity contribution in [3.05, 3.63) is 28.8 Å². The molecule has 1 unspecified atom stereocenters. The molecule has 0 radical (unpaired) electrons. The van der Waals surface area contributed by atoms with E-state index in [1.165, 1.54) is 5.56 Å². The lowest BCUT2D eigenvalue weighted by molar-refractivity contribution is 0.254. The third-order valence-corrected chi connectivity index (χ3v) is 4.05. The van der Waals surface area contributed by atoms with Crippen LogP contribution in [0.4, 0.5) is 0 Å². The molecule has 108 valence electrons. The van der Waals surface area contributed by atoms with Gasteiger partial charge < -0.3 is 4.74 Å². The Morgan fingerprint density at radius 2 is 1.74 bits per heavy atom. The molecule has 2 N–H and O–H groups in total. The molecule has 0 fully saturated rings. The lowest BCUT2D eigenvalue weighted by Gasteiger charge is -2.18. The Bertz CT molecular complexity index is 515. The maximum Gasteiger partial charge on any atom is 0.209 e. The fourth-order valence-electron chi connectivity index (χ4n) is 2.21. The Morgan fingerprint density at radius 1 is 1.21 bits per heavy atom. The van der Waals surface area contributed by atoms with Crippen LogP contribution in [0.5, 0.6) is 5.75 Å². The van der Waals surface area contributed by atoms with E-state index in [9.17, 15) is 8.42 Å². The normalized spacial score (nSPS) is 13.3. The number of primary sulfonamides is 1. The van der Waals surface area contributed by atoms with Crippen molar-refractivity contribution < 1.29 is 13.2 Å². The fraction of sp³-hybridized carbons (Fsp3) is 0.571. The zero-order valence-corrected chi connectivity index (χ0v) is 12.9. The van der Waals surface area contributed by atoms with Crippen LogP contribution in [0, 0.1) is 26.7 Å². The molecule has 4 nitrogen and oxygen atoms in total. The van der Waals surface area contributed by atoms with Crippen molar-refractivity contribution in [2.45, 2.75) is 34.1 Å². The number of benzene rings is 1. The molecule has 5 heteroatoms. The third-order valence-electron chi connectivity index (χ3n) is 3.11. The minimum Gasteiger partial charge on any atom is -0.493 e. The van der Waals surface area contributed by atoms with Crippen LogP contribution in [0.3, 0.4) is 0 Å². The quantitative estimate of drug-likeness (QED) is 0.872. The topological polar surface area (TPSA) is 69.4 Å². The van der Waals surface area contributed by atoms with Gasteiger partial charge in [-0.3, -0.25) is 0 Å². The monoisotopic (exact) mass is 285 g/mol. The molecule has 0 aliphatic carbocycles. The zero-order chi connectivity index (χ0) is 14.6. The minimum absolute atomic E-state index is 0.0343. The van der Waals surface area contributed by atoms with E-state index < -0.39 is 10.0 Å². The number of aryl methyl sites for hydroxylation is 3. The van der Waals surface area contributed by atoms with E-state index in [0.29, 0.717) is 6.61 Å². The molecule has 0 saturated carbocycles. The molecule has 1 atom stereocenters. The minimum atomic E-state index is -3.45. The predicted octanol–water partition coefficient (Wildman–Crippen LogP) is 2.31. The Labute approximate surface area is 116 Å². The average molecular weight is 285 g/mol. The Hall–Kier alpha value is -1.07. The predicted molar refractivity (Wildman–Crippen MR) is 77.9 cm³/mol. The molecular formula is C14H23NO3S. The molecule has 19 heavy (non-hydrogen) atoms. The molecule has 0 saturated heterocycles. The maximum absolute atomic E-state index is 11.1. The van der Waals surface area contributed by atoms with Crippen molar-refractivity contribution in [2.24, 2.45) is 11.1 Å². The molecule has 0 bridgehead atoms. The largest absolute Gasteiger partial charge is 0.493 e. The van der Waals surface area contributed by atoms with Crippen LogP contribution in [0.2, 0.25) is 0 Å². The first-order valence-electron chi connectivity index (χ1n) is 6.44. The summed E-state index contributed by atoms with van der Waals surface area (Å²) in [5.41, 5.74) is 3.34. The highest BCUT2D eigenvalue weighted by molar-refractivity contribution is 7.89. The summed E-state index contributed by atoms with van der Waals surface area (Å²) in [7, 11) is -3.45. The summed E-state index contributed by atoms with van der Waals surface area (Å²) < 4.78 is 28.0. The van der Waals surface area contributed by atoms with Crippen LogP contribution in [0.15, 0.2) is 12.1 Å². The van der Waals surface area contributed by atoms with Gasteiger partial charge in [-0.15, -0.1) is 0 Å². The smallest absolute Gasteiger partial charge is 0.209 e. The van der Waals surface area contributed by atoms with Crippen LogP contribution >= 0.6 is 0 Å². The van der Waals surface area contributed by atoms with Crippen LogP contribution in [0.25, 0.3) is 0 Å². The van der Waals surface area contributed by atoms with Crippen molar-refractivity contribution in [3.8, 4) is 5.75 Å². The van der Waals surface area contributed by atoms with E-state index in [0.717, 1.165) is 23.3 Å². The first kappa shape index (κ1) is 16.0. The van der Waals surface area contributed by atoms with Crippen LogP contribution in [-0.4, -0.2) is 20.8 Å². The average Bonchev–Trinajstić information content (AvgIpc) is 2.24. The molecule has 0 aliphatic rings. The van der Waals surface area contributed by atoms with Crippen molar-refractivity contribution in [1.29, 1.82) is 0 Å². The van der Waals surface area contributed by atoms with Crippen molar-refractivity contribution in [3.63, 3.8) is 0 Å². The highest BCUT2D eigenvalue weighted by atomic mass is 32.2. The molecule has 1 aromatic carbocycles. The Balaban J connectivity index is 2.76. The summed E-state index contributed by atoms with van der Waals surface area (Å²) in [6, 6.07) is 4.12. The van der Waals surface area contributed by atoms with E-state index in [1.807, 2.05) is 27.7 Å². The molecule has 0 aliphatic heterocycles. The van der Waals surface area contributed by atoms with Gasteiger partial charge in [-0.1, -0.05) is 24.6 Å². The highest BCUT2D eigenvalue weighted by Gasteiger charge is 2.16. The summed E-state index contributed by atoms with van der Waals surface area (Å²) in [6.45, 7) is 8.34. The molecule has 0 aromatic heterocycles. The van der Waals surface area contributed by atoms with E-state index >= 15 is 0 Å². The number of hydrogen-bond donors (Lipinski definition) is 1. The van der Waals surface area contributed by atoms with Gasteiger partial charge in [0.05, 0.1) is 12.4 Å². The van der Waals surface area contributed by atoms with Gasteiger partial charge in [-0.2, -0.15) is 0 Å². The second-order valence-corrected chi connectivity index (χ2v) is 6.80. The zero-order valence-electron chi connectivity index (χ0n) is 12.1. The second-order valence-electron chi connectivity index (χ2n) is 5.14. The van der Waals surface area contributed by atoms with Gasteiger partial charge in [0.15, 0.2) is 0 Å². The molecule has 0 heterocycles. The number of nitrogens with two attached hydrogens (primary N) is 1. The number of hydrogen-bond acceptors (Lipinski definition) is 3. The van der Waals surface area contributed by atoms with E-state index in [4.69, 9.17) is 9.88 Å². The van der Waals surface area contributed by atoms with Crippen molar-refractivity contribution in [2.75, 3.05) is 12.4 Å². The van der Waals surface area contributed by atoms with E-state index in [1.54, 1.807) is 0 Å². The highest BCUT2D eigenvalue weighted by Crippen LogP contribution is 2.25. The van der Waals surface area contributed by atoms with Gasteiger partial charge in [0.2, 0.25) is 10.0 Å². The summed E-state index contributed by atoms with van der Waals surface area (Å²) in [5.74, 6) is 0.738. The molecule has 0 spiro atoms. The summed E-state index contributed by atoms with van der Waals surface area (Å²) in [5, 5.41) is 5.08. The molecule has 1 rings (SSSR count). The van der Waals surface area contributed by atoms with Gasteiger partial charge in [-0.25, -0.2) is 13.6 Å². The van der Waals surface area contributed by atoms with Crippen LogP contribution in [0.1, 0.15) is 30.0 Å². The van der Waals surface area contributed by atoms with Gasteiger partial charge in [0.1, 0.15) is 5.75 Å². The Kier molecular flexibility index (Phi) is 5.38. The number of ether oxygens (including phenoxy) is 1. The summed E-state index contributed by atoms with van der Waals surface area (Å²) in [6.07, 6.45) is 0.723. The summed E-state index contributed by atoms with van der Waals surface area (Å²) in [4.78, 5) is 0. The van der Waals surface area contributed by atoms with Gasteiger partial charge in [0, 0.05) is 5.92 Å². The maximum atomic E-state index is 11.1. The van der Waals surface area contributed by atoms with Crippen LogP contribution < -0.4 is 9.88 Å².